The predicted octanol–water partition coefficient (Wildman–Crippen LogP) is 6.13. The highest BCUT2D eigenvalue weighted by molar-refractivity contribution is 5.27. The molecule has 22 heavy (non-hydrogen) atoms. The second-order valence-corrected chi connectivity index (χ2v) is 6.77. The molecule has 0 fully saturated rings. The van der Waals surface area contributed by atoms with Gasteiger partial charge >= 0.3 is 0 Å². The summed E-state index contributed by atoms with van der Waals surface area (Å²) >= 11 is 0. The maximum absolute atomic E-state index is 11.1. The van der Waals surface area contributed by atoms with E-state index in [-0.39, 0.29) is 0 Å². The van der Waals surface area contributed by atoms with Crippen molar-refractivity contribution in [2.24, 2.45) is 0 Å². The summed E-state index contributed by atoms with van der Waals surface area (Å²) in [4.78, 5) is 0. The SMILES string of the molecule is OC1(c2ccccc2)/C=C\CCCCCCCCCCCC1. The van der Waals surface area contributed by atoms with Gasteiger partial charge in [-0.15, -0.1) is 0 Å². The van der Waals surface area contributed by atoms with Crippen LogP contribution in [0, 0.1) is 0 Å². The smallest absolute Gasteiger partial charge is 0.108 e. The van der Waals surface area contributed by atoms with Crippen LogP contribution in [-0.2, 0) is 5.60 Å². The average Bonchev–Trinajstić information content (AvgIpc) is 2.56. The summed E-state index contributed by atoms with van der Waals surface area (Å²) < 4.78 is 0. The lowest BCUT2D eigenvalue weighted by atomic mass is 9.87. The monoisotopic (exact) mass is 300 g/mol. The van der Waals surface area contributed by atoms with E-state index in [1.165, 1.54) is 57.8 Å². The van der Waals surface area contributed by atoms with Gasteiger partial charge in [0.25, 0.3) is 0 Å². The van der Waals surface area contributed by atoms with E-state index in [1.807, 2.05) is 18.2 Å². The van der Waals surface area contributed by atoms with Crippen LogP contribution in [0.25, 0.3) is 0 Å². The fourth-order valence-electron chi connectivity index (χ4n) is 3.40. The van der Waals surface area contributed by atoms with Crippen molar-refractivity contribution >= 4 is 0 Å². The Kier molecular flexibility index (Phi) is 7.73. The van der Waals surface area contributed by atoms with Gasteiger partial charge < -0.3 is 5.11 Å². The number of aliphatic hydroxyl groups is 1. The first-order chi connectivity index (χ1) is 10.8. The van der Waals surface area contributed by atoms with E-state index < -0.39 is 5.60 Å². The predicted molar refractivity (Wildman–Crippen MR) is 94.9 cm³/mol. The molecule has 2 rings (SSSR count). The van der Waals surface area contributed by atoms with Gasteiger partial charge in [-0.05, 0) is 31.2 Å². The summed E-state index contributed by atoms with van der Waals surface area (Å²) in [6.45, 7) is 0. The average molecular weight is 300 g/mol. The normalized spacial score (nSPS) is 27.5. The molecule has 1 heteroatoms. The minimum atomic E-state index is -0.776. The van der Waals surface area contributed by atoms with Crippen LogP contribution in [0.5, 0.6) is 0 Å². The van der Waals surface area contributed by atoms with Gasteiger partial charge in [0.2, 0.25) is 0 Å². The lowest BCUT2D eigenvalue weighted by Gasteiger charge is -2.25. The van der Waals surface area contributed by atoms with E-state index in [2.05, 4.69) is 24.3 Å². The third kappa shape index (κ3) is 5.96. The Morgan fingerprint density at radius 2 is 1.23 bits per heavy atom. The lowest BCUT2D eigenvalue weighted by molar-refractivity contribution is 0.0760. The van der Waals surface area contributed by atoms with Crippen molar-refractivity contribution in [2.75, 3.05) is 0 Å². The fraction of sp³-hybridized carbons (Fsp3) is 0.619. The Labute approximate surface area is 136 Å². The molecular weight excluding hydrogens is 268 g/mol. The molecule has 0 spiro atoms. The van der Waals surface area contributed by atoms with E-state index in [0.29, 0.717) is 0 Å². The van der Waals surface area contributed by atoms with Gasteiger partial charge in [0.15, 0.2) is 0 Å². The van der Waals surface area contributed by atoms with Crippen LogP contribution in [0.4, 0.5) is 0 Å². The first-order valence-corrected chi connectivity index (χ1v) is 9.27. The zero-order chi connectivity index (χ0) is 15.5. The van der Waals surface area contributed by atoms with Crippen molar-refractivity contribution in [1.29, 1.82) is 0 Å². The summed E-state index contributed by atoms with van der Waals surface area (Å²) in [6.07, 6.45) is 19.4. The molecule has 0 saturated heterocycles. The van der Waals surface area contributed by atoms with Gasteiger partial charge in [-0.1, -0.05) is 93.9 Å². The van der Waals surface area contributed by atoms with Gasteiger partial charge in [-0.3, -0.25) is 0 Å². The summed E-state index contributed by atoms with van der Waals surface area (Å²) in [5.41, 5.74) is 0.261. The topological polar surface area (TPSA) is 20.2 Å². The van der Waals surface area contributed by atoms with E-state index in [4.69, 9.17) is 0 Å². The molecule has 0 bridgehead atoms. The van der Waals surface area contributed by atoms with Gasteiger partial charge in [0, 0.05) is 0 Å². The second-order valence-electron chi connectivity index (χ2n) is 6.77. The molecule has 1 N–H and O–H groups in total. The molecule has 0 aliphatic heterocycles. The molecule has 1 unspecified atom stereocenters. The standard InChI is InChI=1S/C21H32O/c22-21(20-16-12-11-13-17-20)18-14-9-7-5-3-1-2-4-6-8-10-15-19-21/h11-14,16-18,22H,1-10,15,19H2/b18-14-. The lowest BCUT2D eigenvalue weighted by Crippen LogP contribution is -2.22. The first-order valence-electron chi connectivity index (χ1n) is 9.27. The van der Waals surface area contributed by atoms with Gasteiger partial charge in [-0.2, -0.15) is 0 Å². The summed E-state index contributed by atoms with van der Waals surface area (Å²) in [6, 6.07) is 10.2. The van der Waals surface area contributed by atoms with E-state index in [1.54, 1.807) is 0 Å². The number of hydrogen-bond donors (Lipinski definition) is 1. The van der Waals surface area contributed by atoms with Crippen molar-refractivity contribution in [3.63, 3.8) is 0 Å². The Morgan fingerprint density at radius 3 is 1.86 bits per heavy atom. The Morgan fingerprint density at radius 1 is 0.682 bits per heavy atom. The molecule has 0 amide bonds. The van der Waals surface area contributed by atoms with E-state index >= 15 is 0 Å². The molecule has 1 aliphatic rings. The minimum absolute atomic E-state index is 0.776. The Bertz CT molecular complexity index is 423. The van der Waals surface area contributed by atoms with Crippen molar-refractivity contribution in [3.05, 3.63) is 48.0 Å². The Hall–Kier alpha value is -1.08. The zero-order valence-electron chi connectivity index (χ0n) is 14.0. The van der Waals surface area contributed by atoms with Crippen molar-refractivity contribution in [3.8, 4) is 0 Å². The Balaban J connectivity index is 2.00. The van der Waals surface area contributed by atoms with Crippen LogP contribution >= 0.6 is 0 Å². The third-order valence-electron chi connectivity index (χ3n) is 4.85. The third-order valence-corrected chi connectivity index (χ3v) is 4.85. The highest BCUT2D eigenvalue weighted by atomic mass is 16.3. The molecular formula is C21H32O. The molecule has 1 atom stereocenters. The van der Waals surface area contributed by atoms with Gasteiger partial charge in [0.05, 0.1) is 0 Å². The largest absolute Gasteiger partial charge is 0.381 e. The maximum Gasteiger partial charge on any atom is 0.108 e. The molecule has 0 heterocycles. The number of rotatable bonds is 1. The summed E-state index contributed by atoms with van der Waals surface area (Å²) in [5.74, 6) is 0. The van der Waals surface area contributed by atoms with Crippen LogP contribution in [0.3, 0.4) is 0 Å². The fourth-order valence-corrected chi connectivity index (χ4v) is 3.40. The van der Waals surface area contributed by atoms with E-state index in [9.17, 15) is 5.11 Å². The molecule has 1 aromatic carbocycles. The number of hydrogen-bond acceptors (Lipinski definition) is 1. The van der Waals surface area contributed by atoms with Crippen LogP contribution < -0.4 is 0 Å². The molecule has 0 aromatic heterocycles. The van der Waals surface area contributed by atoms with Crippen molar-refractivity contribution in [2.45, 2.75) is 82.7 Å². The molecule has 0 radical (unpaired) electrons. The van der Waals surface area contributed by atoms with E-state index in [0.717, 1.165) is 24.8 Å². The summed E-state index contributed by atoms with van der Waals surface area (Å²) in [7, 11) is 0. The molecule has 1 aromatic rings. The number of benzene rings is 1. The highest BCUT2D eigenvalue weighted by Crippen LogP contribution is 2.30. The van der Waals surface area contributed by atoms with Crippen LogP contribution in [0.2, 0.25) is 0 Å². The van der Waals surface area contributed by atoms with Crippen molar-refractivity contribution in [1.82, 2.24) is 0 Å². The van der Waals surface area contributed by atoms with Crippen molar-refractivity contribution < 1.29 is 5.11 Å². The van der Waals surface area contributed by atoms with Gasteiger partial charge in [-0.25, -0.2) is 0 Å². The van der Waals surface area contributed by atoms with Crippen LogP contribution in [0.1, 0.15) is 82.6 Å². The molecule has 122 valence electrons. The quantitative estimate of drug-likeness (QED) is 0.619. The molecule has 0 saturated carbocycles. The zero-order valence-corrected chi connectivity index (χ0v) is 14.0. The first kappa shape index (κ1) is 17.3. The number of allylic oxidation sites excluding steroid dienone is 1. The highest BCUT2D eigenvalue weighted by Gasteiger charge is 2.24. The van der Waals surface area contributed by atoms with Gasteiger partial charge in [0.1, 0.15) is 5.60 Å². The second kappa shape index (κ2) is 9.84. The minimum Gasteiger partial charge on any atom is -0.381 e. The maximum atomic E-state index is 11.1. The molecule has 1 aliphatic carbocycles. The van der Waals surface area contributed by atoms with Crippen LogP contribution in [-0.4, -0.2) is 5.11 Å². The molecule has 1 nitrogen and oxygen atoms in total. The summed E-state index contributed by atoms with van der Waals surface area (Å²) in [5, 5.41) is 11.1. The van der Waals surface area contributed by atoms with Crippen LogP contribution in [0.15, 0.2) is 42.5 Å².